The van der Waals surface area contributed by atoms with Gasteiger partial charge in [0.25, 0.3) is 0 Å². The second-order valence-electron chi connectivity index (χ2n) is 5.39. The summed E-state index contributed by atoms with van der Waals surface area (Å²) in [6.07, 6.45) is 0.692. The first-order valence-corrected chi connectivity index (χ1v) is 6.90. The normalized spacial score (nSPS) is 13.9. The Bertz CT molecular complexity index is 462. The maximum absolute atomic E-state index is 11.3. The van der Waals surface area contributed by atoms with E-state index in [1.54, 1.807) is 0 Å². The first kappa shape index (κ1) is 17.1. The molecule has 0 spiro atoms. The summed E-state index contributed by atoms with van der Waals surface area (Å²) >= 11 is 0. The van der Waals surface area contributed by atoms with Gasteiger partial charge in [-0.15, -0.1) is 0 Å². The molecule has 1 aromatic rings. The lowest BCUT2D eigenvalue weighted by atomic mass is 10.0. The van der Waals surface area contributed by atoms with Crippen molar-refractivity contribution in [2.75, 3.05) is 0 Å². The van der Waals surface area contributed by atoms with Gasteiger partial charge < -0.3 is 10.2 Å². The van der Waals surface area contributed by atoms with Gasteiger partial charge in [0.2, 0.25) is 0 Å². The van der Waals surface area contributed by atoms with Gasteiger partial charge in [-0.25, -0.2) is 10.9 Å². The molecule has 0 aliphatic heterocycles. The molecule has 6 nitrogen and oxygen atoms in total. The van der Waals surface area contributed by atoms with Crippen molar-refractivity contribution in [1.29, 1.82) is 0 Å². The zero-order valence-corrected chi connectivity index (χ0v) is 12.2. The van der Waals surface area contributed by atoms with E-state index >= 15 is 0 Å². The Hall–Kier alpha value is -1.92. The lowest BCUT2D eigenvalue weighted by molar-refractivity contribution is -0.143. The molecular formula is C15H22N2O4. The van der Waals surface area contributed by atoms with Gasteiger partial charge in [-0.05, 0) is 24.3 Å². The summed E-state index contributed by atoms with van der Waals surface area (Å²) < 4.78 is 0. The topological polar surface area (TPSA) is 98.7 Å². The molecule has 0 heterocycles. The van der Waals surface area contributed by atoms with Gasteiger partial charge in [-0.2, -0.15) is 0 Å². The van der Waals surface area contributed by atoms with Gasteiger partial charge in [-0.1, -0.05) is 44.2 Å². The van der Waals surface area contributed by atoms with E-state index in [-0.39, 0.29) is 12.3 Å². The highest BCUT2D eigenvalue weighted by molar-refractivity contribution is 5.75. The molecule has 0 saturated heterocycles. The van der Waals surface area contributed by atoms with Crippen LogP contribution in [0.1, 0.15) is 25.8 Å². The Balaban J connectivity index is 2.61. The largest absolute Gasteiger partial charge is 0.480 e. The summed E-state index contributed by atoms with van der Waals surface area (Å²) in [5.41, 5.74) is 6.12. The first-order chi connectivity index (χ1) is 9.90. The van der Waals surface area contributed by atoms with Gasteiger partial charge in [-0.3, -0.25) is 9.59 Å². The van der Waals surface area contributed by atoms with Crippen LogP contribution in [0.5, 0.6) is 0 Å². The van der Waals surface area contributed by atoms with Crippen LogP contribution in [0.2, 0.25) is 0 Å². The molecule has 6 heteroatoms. The van der Waals surface area contributed by atoms with Crippen LogP contribution in [0.4, 0.5) is 0 Å². The van der Waals surface area contributed by atoms with Crippen molar-refractivity contribution < 1.29 is 19.8 Å². The summed E-state index contributed by atoms with van der Waals surface area (Å²) in [7, 11) is 0. The van der Waals surface area contributed by atoms with Crippen LogP contribution in [-0.2, 0) is 16.0 Å². The Kier molecular flexibility index (Phi) is 6.84. The molecule has 0 bridgehead atoms. The van der Waals surface area contributed by atoms with E-state index in [0.717, 1.165) is 5.56 Å². The first-order valence-electron chi connectivity index (χ1n) is 6.90. The molecule has 0 radical (unpaired) electrons. The number of hydrazine groups is 1. The highest BCUT2D eigenvalue weighted by Crippen LogP contribution is 2.06. The van der Waals surface area contributed by atoms with Crippen LogP contribution in [0, 0.1) is 5.92 Å². The number of aliphatic carboxylic acids is 2. The summed E-state index contributed by atoms with van der Waals surface area (Å²) in [4.78, 5) is 22.4. The lowest BCUT2D eigenvalue weighted by Gasteiger charge is -2.21. The quantitative estimate of drug-likeness (QED) is 0.512. The summed E-state index contributed by atoms with van der Waals surface area (Å²) in [6.45, 7) is 3.83. The molecule has 1 rings (SSSR count). The zero-order chi connectivity index (χ0) is 15.8. The van der Waals surface area contributed by atoms with Gasteiger partial charge >= 0.3 is 11.9 Å². The number of hydrogen-bond donors (Lipinski definition) is 4. The number of carbonyl (C=O) groups is 2. The summed E-state index contributed by atoms with van der Waals surface area (Å²) in [5, 5.41) is 18.3. The second kappa shape index (κ2) is 8.39. The molecule has 1 aromatic carbocycles. The molecule has 21 heavy (non-hydrogen) atoms. The third-order valence-corrected chi connectivity index (χ3v) is 3.02. The molecule has 4 N–H and O–H groups in total. The molecule has 0 aromatic heterocycles. The van der Waals surface area contributed by atoms with E-state index in [4.69, 9.17) is 5.11 Å². The van der Waals surface area contributed by atoms with Gasteiger partial charge in [0.15, 0.2) is 0 Å². The summed E-state index contributed by atoms with van der Waals surface area (Å²) in [6, 6.07) is 7.49. The molecule has 0 aliphatic carbocycles. The minimum absolute atomic E-state index is 0.192. The number of carboxylic acid groups (broad SMARTS) is 2. The monoisotopic (exact) mass is 294 g/mol. The average molecular weight is 294 g/mol. The highest BCUT2D eigenvalue weighted by atomic mass is 16.4. The third-order valence-electron chi connectivity index (χ3n) is 3.02. The maximum Gasteiger partial charge on any atom is 0.322 e. The highest BCUT2D eigenvalue weighted by Gasteiger charge is 2.23. The zero-order valence-electron chi connectivity index (χ0n) is 12.2. The Morgan fingerprint density at radius 3 is 2.00 bits per heavy atom. The van der Waals surface area contributed by atoms with Crippen molar-refractivity contribution >= 4 is 11.9 Å². The fraction of sp³-hybridized carbons (Fsp3) is 0.467. The fourth-order valence-corrected chi connectivity index (χ4v) is 1.94. The lowest BCUT2D eigenvalue weighted by Crippen LogP contribution is -2.53. The molecule has 2 atom stereocenters. The fourth-order valence-electron chi connectivity index (χ4n) is 1.94. The molecular weight excluding hydrogens is 272 g/mol. The predicted octanol–water partition coefficient (Wildman–Crippen LogP) is 1.28. The molecule has 0 fully saturated rings. The second-order valence-corrected chi connectivity index (χ2v) is 5.39. The van der Waals surface area contributed by atoms with E-state index in [9.17, 15) is 14.7 Å². The van der Waals surface area contributed by atoms with Crippen LogP contribution < -0.4 is 10.9 Å². The number of rotatable bonds is 9. The minimum atomic E-state index is -1.03. The molecule has 0 unspecified atom stereocenters. The van der Waals surface area contributed by atoms with E-state index in [1.165, 1.54) is 0 Å². The minimum Gasteiger partial charge on any atom is -0.480 e. The summed E-state index contributed by atoms with van der Waals surface area (Å²) in [5.74, 6) is -1.84. The smallest absolute Gasteiger partial charge is 0.322 e. The maximum atomic E-state index is 11.3. The Morgan fingerprint density at radius 2 is 1.52 bits per heavy atom. The molecule has 116 valence electrons. The van der Waals surface area contributed by atoms with Gasteiger partial charge in [0.1, 0.15) is 12.1 Å². The van der Waals surface area contributed by atoms with E-state index in [0.29, 0.717) is 6.42 Å². The van der Waals surface area contributed by atoms with Crippen LogP contribution in [-0.4, -0.2) is 34.2 Å². The number of carboxylic acids is 2. The van der Waals surface area contributed by atoms with E-state index in [1.807, 2.05) is 44.2 Å². The molecule has 0 amide bonds. The van der Waals surface area contributed by atoms with Crippen molar-refractivity contribution in [3.05, 3.63) is 35.9 Å². The van der Waals surface area contributed by atoms with Crippen LogP contribution in [0.15, 0.2) is 30.3 Å². The number of hydrogen-bond acceptors (Lipinski definition) is 4. The average Bonchev–Trinajstić information content (AvgIpc) is 2.42. The van der Waals surface area contributed by atoms with E-state index < -0.39 is 24.0 Å². The number of nitrogens with one attached hydrogen (secondary N) is 2. The predicted molar refractivity (Wildman–Crippen MR) is 78.7 cm³/mol. The van der Waals surface area contributed by atoms with Crippen LogP contribution >= 0.6 is 0 Å². The van der Waals surface area contributed by atoms with Crippen LogP contribution in [0.3, 0.4) is 0 Å². The Morgan fingerprint density at radius 1 is 1.00 bits per heavy atom. The van der Waals surface area contributed by atoms with Crippen molar-refractivity contribution in [3.63, 3.8) is 0 Å². The Labute approximate surface area is 124 Å². The van der Waals surface area contributed by atoms with Gasteiger partial charge in [0, 0.05) is 0 Å². The van der Waals surface area contributed by atoms with Crippen molar-refractivity contribution in [2.24, 2.45) is 5.92 Å². The molecule has 0 aliphatic rings. The third kappa shape index (κ3) is 6.37. The molecule has 0 saturated carbocycles. The van der Waals surface area contributed by atoms with Gasteiger partial charge in [0.05, 0.1) is 0 Å². The van der Waals surface area contributed by atoms with E-state index in [2.05, 4.69) is 10.9 Å². The number of benzene rings is 1. The standard InChI is InChI=1S/C15H22N2O4/c1-10(2)8-12(14(18)19)16-17-13(15(20)21)9-11-6-4-3-5-7-11/h3-7,10,12-13,16-17H,8-9H2,1-2H3,(H,18,19)(H,20,21)/t12-,13-/m0/s1. The SMILES string of the molecule is CC(C)C[C@H](NN[C@@H](Cc1ccccc1)C(=O)O)C(=O)O. The van der Waals surface area contributed by atoms with Crippen molar-refractivity contribution in [3.8, 4) is 0 Å². The van der Waals surface area contributed by atoms with Crippen LogP contribution in [0.25, 0.3) is 0 Å². The van der Waals surface area contributed by atoms with Crippen molar-refractivity contribution in [2.45, 2.75) is 38.8 Å². The van der Waals surface area contributed by atoms with Crippen molar-refractivity contribution in [1.82, 2.24) is 10.9 Å².